The maximum absolute atomic E-state index is 14.0. The second-order valence-electron chi connectivity index (χ2n) is 6.10. The van der Waals surface area contributed by atoms with Gasteiger partial charge in [-0.3, -0.25) is 4.79 Å². The van der Waals surface area contributed by atoms with Crippen LogP contribution in [0.15, 0.2) is 77.3 Å². The number of para-hydroxylation sites is 2. The Morgan fingerprint density at radius 1 is 0.966 bits per heavy atom. The molecule has 0 aliphatic heterocycles. The highest BCUT2D eigenvalue weighted by Crippen LogP contribution is 2.28. The summed E-state index contributed by atoms with van der Waals surface area (Å²) in [6.07, 6.45) is 0. The van der Waals surface area contributed by atoms with Crippen LogP contribution < -0.4 is 10.1 Å². The summed E-state index contributed by atoms with van der Waals surface area (Å²) in [5, 5.41) is 6.68. The quantitative estimate of drug-likeness (QED) is 0.530. The number of anilines is 1. The molecular weight excluding hydrogens is 373 g/mol. The van der Waals surface area contributed by atoms with Crippen LogP contribution in [-0.4, -0.2) is 23.2 Å². The summed E-state index contributed by atoms with van der Waals surface area (Å²) in [6, 6.07) is 20.1. The van der Waals surface area contributed by atoms with Crippen LogP contribution in [0.2, 0.25) is 0 Å². The molecule has 4 aromatic rings. The number of carbonyl (C=O) groups excluding carboxylic acids is 1. The van der Waals surface area contributed by atoms with Crippen molar-refractivity contribution in [2.45, 2.75) is 0 Å². The smallest absolute Gasteiger partial charge is 0.259 e. The lowest BCUT2D eigenvalue weighted by molar-refractivity contribution is 0.102. The van der Waals surface area contributed by atoms with Gasteiger partial charge >= 0.3 is 0 Å². The molecule has 0 spiro atoms. The molecule has 0 atom stereocenters. The molecule has 6 nitrogen and oxygen atoms in total. The summed E-state index contributed by atoms with van der Waals surface area (Å²) in [4.78, 5) is 17.2. The number of hydrogen-bond acceptors (Lipinski definition) is 5. The Labute approximate surface area is 166 Å². The maximum Gasteiger partial charge on any atom is 0.259 e. The molecule has 1 heterocycles. The van der Waals surface area contributed by atoms with E-state index in [4.69, 9.17) is 9.26 Å². The van der Waals surface area contributed by atoms with Crippen LogP contribution in [0.25, 0.3) is 22.8 Å². The molecule has 7 heteroatoms. The molecule has 0 fully saturated rings. The Morgan fingerprint density at radius 2 is 1.66 bits per heavy atom. The van der Waals surface area contributed by atoms with Crippen LogP contribution in [0.1, 0.15) is 10.4 Å². The molecule has 0 bridgehead atoms. The zero-order valence-corrected chi connectivity index (χ0v) is 15.4. The van der Waals surface area contributed by atoms with E-state index in [0.29, 0.717) is 22.6 Å². The molecule has 0 aliphatic carbocycles. The normalized spacial score (nSPS) is 10.6. The summed E-state index contributed by atoms with van der Waals surface area (Å²) in [5.74, 6) is -0.0529. The molecule has 4 rings (SSSR count). The van der Waals surface area contributed by atoms with Gasteiger partial charge in [-0.1, -0.05) is 41.6 Å². The van der Waals surface area contributed by atoms with Gasteiger partial charge in [-0.15, -0.1) is 0 Å². The monoisotopic (exact) mass is 389 g/mol. The van der Waals surface area contributed by atoms with Gasteiger partial charge in [0.1, 0.15) is 11.6 Å². The Morgan fingerprint density at radius 3 is 2.45 bits per heavy atom. The second kappa shape index (κ2) is 7.93. The van der Waals surface area contributed by atoms with Crippen LogP contribution in [0.4, 0.5) is 10.1 Å². The van der Waals surface area contributed by atoms with E-state index < -0.39 is 5.82 Å². The highest BCUT2D eigenvalue weighted by molar-refractivity contribution is 6.08. The standard InChI is InChI=1S/C22H16FN3O3/c1-28-19-13-7-6-12-18(19)24-21(27)14-8-2-3-9-15(14)22-25-20(26-29-22)16-10-4-5-11-17(16)23/h2-13H,1H3,(H,24,27). The van der Waals surface area contributed by atoms with Crippen molar-refractivity contribution in [2.24, 2.45) is 0 Å². The van der Waals surface area contributed by atoms with Crippen LogP contribution in [-0.2, 0) is 0 Å². The lowest BCUT2D eigenvalue weighted by atomic mass is 10.1. The van der Waals surface area contributed by atoms with Crippen LogP contribution >= 0.6 is 0 Å². The molecule has 144 valence electrons. The Kier molecular flexibility index (Phi) is 5.03. The number of benzene rings is 3. The molecule has 0 unspecified atom stereocenters. The van der Waals surface area contributed by atoms with E-state index >= 15 is 0 Å². The number of hydrogen-bond donors (Lipinski definition) is 1. The van der Waals surface area contributed by atoms with Crippen molar-refractivity contribution in [3.05, 3.63) is 84.2 Å². The number of aromatic nitrogens is 2. The molecule has 3 aromatic carbocycles. The third-order valence-corrected chi connectivity index (χ3v) is 4.30. The third-order valence-electron chi connectivity index (χ3n) is 4.30. The number of rotatable bonds is 5. The molecule has 1 aromatic heterocycles. The Balaban J connectivity index is 1.67. The van der Waals surface area contributed by atoms with E-state index in [9.17, 15) is 9.18 Å². The lowest BCUT2D eigenvalue weighted by Gasteiger charge is -2.11. The number of ether oxygens (including phenoxy) is 1. The number of nitrogens with zero attached hydrogens (tertiary/aromatic N) is 2. The predicted molar refractivity (Wildman–Crippen MR) is 106 cm³/mol. The van der Waals surface area contributed by atoms with Gasteiger partial charge in [0, 0.05) is 0 Å². The second-order valence-corrected chi connectivity index (χ2v) is 6.10. The minimum atomic E-state index is -0.456. The fourth-order valence-electron chi connectivity index (χ4n) is 2.89. The molecule has 0 saturated carbocycles. The van der Waals surface area contributed by atoms with E-state index in [1.807, 2.05) is 6.07 Å². The van der Waals surface area contributed by atoms with E-state index in [1.54, 1.807) is 60.7 Å². The van der Waals surface area contributed by atoms with E-state index in [0.717, 1.165) is 0 Å². The summed E-state index contributed by atoms with van der Waals surface area (Å²) in [7, 11) is 1.53. The highest BCUT2D eigenvalue weighted by atomic mass is 19.1. The number of halogens is 1. The van der Waals surface area contributed by atoms with E-state index in [1.165, 1.54) is 13.2 Å². The molecule has 29 heavy (non-hydrogen) atoms. The van der Waals surface area contributed by atoms with Crippen molar-refractivity contribution >= 4 is 11.6 Å². The summed E-state index contributed by atoms with van der Waals surface area (Å²) in [5.41, 5.74) is 1.53. The molecule has 0 aliphatic rings. The third kappa shape index (κ3) is 3.70. The maximum atomic E-state index is 14.0. The summed E-state index contributed by atoms with van der Waals surface area (Å²) in [6.45, 7) is 0. The summed E-state index contributed by atoms with van der Waals surface area (Å²) >= 11 is 0. The minimum absolute atomic E-state index is 0.109. The van der Waals surface area contributed by atoms with Crippen molar-refractivity contribution in [1.82, 2.24) is 10.1 Å². The fourth-order valence-corrected chi connectivity index (χ4v) is 2.89. The van der Waals surface area contributed by atoms with Crippen molar-refractivity contribution in [3.8, 4) is 28.6 Å². The summed E-state index contributed by atoms with van der Waals surface area (Å²) < 4.78 is 24.6. The molecular formula is C22H16FN3O3. The fraction of sp³-hybridized carbons (Fsp3) is 0.0455. The van der Waals surface area contributed by atoms with Gasteiger partial charge in [0.05, 0.1) is 29.5 Å². The Hall–Kier alpha value is -4.00. The highest BCUT2D eigenvalue weighted by Gasteiger charge is 2.20. The zero-order chi connectivity index (χ0) is 20.2. The average molecular weight is 389 g/mol. The minimum Gasteiger partial charge on any atom is -0.495 e. The van der Waals surface area contributed by atoms with Gasteiger partial charge < -0.3 is 14.6 Å². The first-order valence-electron chi connectivity index (χ1n) is 8.80. The lowest BCUT2D eigenvalue weighted by Crippen LogP contribution is -2.13. The number of amides is 1. The van der Waals surface area contributed by atoms with Gasteiger partial charge in [-0.2, -0.15) is 4.98 Å². The zero-order valence-electron chi connectivity index (χ0n) is 15.4. The molecule has 1 N–H and O–H groups in total. The molecule has 0 radical (unpaired) electrons. The van der Waals surface area contributed by atoms with Crippen molar-refractivity contribution < 1.29 is 18.4 Å². The van der Waals surface area contributed by atoms with Gasteiger partial charge in [0.15, 0.2) is 0 Å². The van der Waals surface area contributed by atoms with Crippen molar-refractivity contribution in [3.63, 3.8) is 0 Å². The van der Waals surface area contributed by atoms with E-state index in [-0.39, 0.29) is 23.2 Å². The SMILES string of the molecule is COc1ccccc1NC(=O)c1ccccc1-c1nc(-c2ccccc2F)no1. The van der Waals surface area contributed by atoms with Gasteiger partial charge in [0.2, 0.25) is 5.82 Å². The van der Waals surface area contributed by atoms with Crippen molar-refractivity contribution in [2.75, 3.05) is 12.4 Å². The van der Waals surface area contributed by atoms with Crippen LogP contribution in [0, 0.1) is 5.82 Å². The topological polar surface area (TPSA) is 77.2 Å². The average Bonchev–Trinajstić information content (AvgIpc) is 3.24. The van der Waals surface area contributed by atoms with Gasteiger partial charge in [-0.05, 0) is 36.4 Å². The first kappa shape index (κ1) is 18.4. The Bertz CT molecular complexity index is 1170. The van der Waals surface area contributed by atoms with Gasteiger partial charge in [0.25, 0.3) is 11.8 Å². The first-order chi connectivity index (χ1) is 14.2. The number of carbonyl (C=O) groups is 1. The number of nitrogens with one attached hydrogen (secondary N) is 1. The molecule has 0 saturated heterocycles. The first-order valence-corrected chi connectivity index (χ1v) is 8.80. The van der Waals surface area contributed by atoms with Crippen LogP contribution in [0.5, 0.6) is 5.75 Å². The predicted octanol–water partition coefficient (Wildman–Crippen LogP) is 4.80. The van der Waals surface area contributed by atoms with E-state index in [2.05, 4.69) is 15.5 Å². The largest absolute Gasteiger partial charge is 0.495 e. The molecule has 1 amide bonds. The van der Waals surface area contributed by atoms with Crippen molar-refractivity contribution in [1.29, 1.82) is 0 Å². The van der Waals surface area contributed by atoms with Crippen LogP contribution in [0.3, 0.4) is 0 Å². The van der Waals surface area contributed by atoms with Gasteiger partial charge in [-0.25, -0.2) is 4.39 Å². The number of methoxy groups -OCH3 is 1.